The number of methoxy groups -OCH3 is 1. The molecule has 1 amide bonds. The summed E-state index contributed by atoms with van der Waals surface area (Å²) in [6.45, 7) is 0. The van der Waals surface area contributed by atoms with Gasteiger partial charge in [-0.1, -0.05) is 17.6 Å². The van der Waals surface area contributed by atoms with Crippen molar-refractivity contribution in [2.45, 2.75) is 11.1 Å². The third kappa shape index (κ3) is 5.36. The zero-order valence-electron chi connectivity index (χ0n) is 16.1. The molecule has 13 heteroatoms. The summed E-state index contributed by atoms with van der Waals surface area (Å²) in [6, 6.07) is 10.5. The van der Waals surface area contributed by atoms with Gasteiger partial charge in [0.2, 0.25) is 0 Å². The first-order chi connectivity index (χ1) is 14.5. The van der Waals surface area contributed by atoms with Crippen LogP contribution in [-0.2, 0) is 16.2 Å². The normalized spacial score (nSPS) is 11.7. The lowest BCUT2D eigenvalue weighted by atomic mass is 9.96. The predicted octanol–water partition coefficient (Wildman–Crippen LogP) is 2.48. The Labute approximate surface area is 180 Å². The molecule has 0 fully saturated rings. The average molecular weight is 469 g/mol. The molecule has 0 bridgehead atoms. The van der Waals surface area contributed by atoms with Crippen molar-refractivity contribution in [3.8, 4) is 5.75 Å². The molecule has 0 aliphatic rings. The summed E-state index contributed by atoms with van der Waals surface area (Å²) in [6.07, 6.45) is -4.67. The Morgan fingerprint density at radius 1 is 1.13 bits per heavy atom. The van der Waals surface area contributed by atoms with Crippen LogP contribution >= 0.6 is 11.3 Å². The molecule has 1 heterocycles. The number of alkyl halides is 3. The van der Waals surface area contributed by atoms with Crippen LogP contribution in [0.4, 0.5) is 24.5 Å². The van der Waals surface area contributed by atoms with Gasteiger partial charge >= 0.3 is 6.18 Å². The molecule has 0 saturated carbocycles. The molecule has 2 aromatic carbocycles. The van der Waals surface area contributed by atoms with Crippen molar-refractivity contribution in [2.24, 2.45) is 0 Å². The quantitative estimate of drug-likeness (QED) is 0.541. The number of aromatic nitrogens is 1. The molecular formula is C18H15BF3N3O4S2. The number of amides is 1. The fourth-order valence-electron chi connectivity index (χ4n) is 2.49. The molecular weight excluding hydrogens is 454 g/mol. The van der Waals surface area contributed by atoms with Crippen LogP contribution in [0, 0.1) is 0 Å². The highest BCUT2D eigenvalue weighted by Gasteiger charge is 2.34. The fraction of sp³-hybridized carbons (Fsp3) is 0.111. The Bertz CT molecular complexity index is 1210. The molecule has 3 aromatic rings. The van der Waals surface area contributed by atoms with Gasteiger partial charge < -0.3 is 10.1 Å². The number of benzene rings is 2. The first kappa shape index (κ1) is 22.6. The van der Waals surface area contributed by atoms with Crippen LogP contribution in [0.1, 0.15) is 15.5 Å². The van der Waals surface area contributed by atoms with Gasteiger partial charge in [0.15, 0.2) is 10.7 Å². The van der Waals surface area contributed by atoms with Gasteiger partial charge in [0.25, 0.3) is 15.9 Å². The van der Waals surface area contributed by atoms with E-state index < -0.39 is 32.8 Å². The number of carbonyl (C=O) groups excluding carboxylic acids is 1. The topological polar surface area (TPSA) is 97.4 Å². The maximum atomic E-state index is 12.8. The number of halogens is 3. The molecule has 0 radical (unpaired) electrons. The average Bonchev–Trinajstić information content (AvgIpc) is 3.20. The SMILES string of the molecule is Bc1ccc(NS(=O)(=O)c2cc(NC(=O)c3nc(C(F)(F)F)cs3)ccc2OC)cc1. The molecule has 0 aliphatic heterocycles. The van der Waals surface area contributed by atoms with E-state index in [1.165, 1.54) is 19.2 Å². The van der Waals surface area contributed by atoms with Gasteiger partial charge in [-0.3, -0.25) is 9.52 Å². The van der Waals surface area contributed by atoms with Gasteiger partial charge in [-0.2, -0.15) is 13.2 Å². The molecule has 3 rings (SSSR count). The van der Waals surface area contributed by atoms with E-state index in [2.05, 4.69) is 15.0 Å². The van der Waals surface area contributed by atoms with Crippen LogP contribution in [-0.4, -0.2) is 34.3 Å². The number of thiazole rings is 1. The van der Waals surface area contributed by atoms with E-state index in [0.717, 1.165) is 16.9 Å². The minimum absolute atomic E-state index is 0.0196. The second kappa shape index (κ2) is 8.59. The number of nitrogens with zero attached hydrogens (tertiary/aromatic N) is 1. The van der Waals surface area contributed by atoms with E-state index in [4.69, 9.17) is 4.74 Å². The molecule has 0 spiro atoms. The lowest BCUT2D eigenvalue weighted by Crippen LogP contribution is -2.16. The van der Waals surface area contributed by atoms with Gasteiger partial charge in [0.1, 0.15) is 18.5 Å². The molecule has 0 saturated heterocycles. The van der Waals surface area contributed by atoms with Crippen LogP contribution in [0.5, 0.6) is 5.75 Å². The Hall–Kier alpha value is -3.06. The van der Waals surface area contributed by atoms with Crippen LogP contribution < -0.4 is 20.2 Å². The smallest absolute Gasteiger partial charge is 0.434 e. The van der Waals surface area contributed by atoms with E-state index in [1.807, 2.05) is 7.85 Å². The van der Waals surface area contributed by atoms with Crippen molar-refractivity contribution in [3.63, 3.8) is 0 Å². The third-order valence-electron chi connectivity index (χ3n) is 4.00. The van der Waals surface area contributed by atoms with E-state index in [0.29, 0.717) is 17.0 Å². The standard InChI is InChI=1S/C18H15BF3N3O4S2/c1-29-13-7-6-12(23-16(26)17-24-15(9-30-17)18(20,21)22)8-14(13)31(27,28)25-11-4-2-10(19)3-5-11/h2-9,25H,19H2,1H3,(H,23,26). The van der Waals surface area contributed by atoms with Crippen LogP contribution in [0.15, 0.2) is 52.7 Å². The van der Waals surface area contributed by atoms with Gasteiger partial charge in [-0.15, -0.1) is 11.3 Å². The minimum Gasteiger partial charge on any atom is -0.495 e. The molecule has 0 atom stereocenters. The maximum absolute atomic E-state index is 12.8. The Kier molecular flexibility index (Phi) is 6.27. The van der Waals surface area contributed by atoms with E-state index in [9.17, 15) is 26.4 Å². The summed E-state index contributed by atoms with van der Waals surface area (Å²) in [5.74, 6) is -0.883. The summed E-state index contributed by atoms with van der Waals surface area (Å²) < 4.78 is 71.3. The van der Waals surface area contributed by atoms with Gasteiger partial charge in [0, 0.05) is 16.8 Å². The first-order valence-electron chi connectivity index (χ1n) is 8.61. The largest absolute Gasteiger partial charge is 0.495 e. The molecule has 162 valence electrons. The number of rotatable bonds is 6. The lowest BCUT2D eigenvalue weighted by Gasteiger charge is -2.13. The number of sulfonamides is 1. The van der Waals surface area contributed by atoms with Crippen molar-refractivity contribution in [2.75, 3.05) is 17.1 Å². The number of anilines is 2. The van der Waals surface area contributed by atoms with E-state index in [-0.39, 0.29) is 16.3 Å². The summed E-state index contributed by atoms with van der Waals surface area (Å²) in [7, 11) is -0.956. The number of hydrogen-bond donors (Lipinski definition) is 2. The van der Waals surface area contributed by atoms with Gasteiger partial charge in [-0.25, -0.2) is 13.4 Å². The molecule has 2 N–H and O–H groups in total. The van der Waals surface area contributed by atoms with Crippen molar-refractivity contribution >= 4 is 52.0 Å². The number of hydrogen-bond acceptors (Lipinski definition) is 6. The predicted molar refractivity (Wildman–Crippen MR) is 113 cm³/mol. The van der Waals surface area contributed by atoms with E-state index in [1.54, 1.807) is 24.3 Å². The van der Waals surface area contributed by atoms with Crippen molar-refractivity contribution in [3.05, 3.63) is 58.5 Å². The Morgan fingerprint density at radius 3 is 2.35 bits per heavy atom. The van der Waals surface area contributed by atoms with Crippen molar-refractivity contribution in [1.82, 2.24) is 4.98 Å². The fourth-order valence-corrected chi connectivity index (χ4v) is 4.46. The first-order valence-corrected chi connectivity index (χ1v) is 11.0. The van der Waals surface area contributed by atoms with Crippen molar-refractivity contribution in [1.29, 1.82) is 0 Å². The summed E-state index contributed by atoms with van der Waals surface area (Å²) in [5.41, 5.74) is 0.132. The van der Waals surface area contributed by atoms with Crippen LogP contribution in [0.25, 0.3) is 0 Å². The second-order valence-electron chi connectivity index (χ2n) is 6.33. The highest BCUT2D eigenvalue weighted by atomic mass is 32.2. The Balaban J connectivity index is 1.87. The zero-order valence-corrected chi connectivity index (χ0v) is 17.8. The van der Waals surface area contributed by atoms with E-state index >= 15 is 0 Å². The summed E-state index contributed by atoms with van der Waals surface area (Å²) >= 11 is 0.526. The number of nitrogens with one attached hydrogen (secondary N) is 2. The monoisotopic (exact) mass is 469 g/mol. The highest BCUT2D eigenvalue weighted by molar-refractivity contribution is 7.92. The molecule has 0 unspecified atom stereocenters. The molecule has 7 nitrogen and oxygen atoms in total. The number of carbonyl (C=O) groups is 1. The minimum atomic E-state index is -4.67. The molecule has 0 aliphatic carbocycles. The van der Waals surface area contributed by atoms with Gasteiger partial charge in [0.05, 0.1) is 7.11 Å². The highest BCUT2D eigenvalue weighted by Crippen LogP contribution is 2.31. The zero-order chi connectivity index (χ0) is 22.8. The number of ether oxygens (including phenoxy) is 1. The molecule has 31 heavy (non-hydrogen) atoms. The van der Waals surface area contributed by atoms with Crippen LogP contribution in [0.3, 0.4) is 0 Å². The summed E-state index contributed by atoms with van der Waals surface area (Å²) in [4.78, 5) is 15.3. The summed E-state index contributed by atoms with van der Waals surface area (Å²) in [5, 5.41) is 2.67. The van der Waals surface area contributed by atoms with Gasteiger partial charge in [-0.05, 0) is 30.3 Å². The molecule has 1 aromatic heterocycles. The lowest BCUT2D eigenvalue weighted by molar-refractivity contribution is -0.140. The maximum Gasteiger partial charge on any atom is 0.434 e. The third-order valence-corrected chi connectivity index (χ3v) is 6.25. The second-order valence-corrected chi connectivity index (χ2v) is 8.84. The Morgan fingerprint density at radius 2 is 1.77 bits per heavy atom. The van der Waals surface area contributed by atoms with Crippen molar-refractivity contribution < 1.29 is 31.1 Å². The van der Waals surface area contributed by atoms with Crippen LogP contribution in [0.2, 0.25) is 0 Å².